The van der Waals surface area contributed by atoms with Gasteiger partial charge in [0.2, 0.25) is 0 Å². The fraction of sp³-hybridized carbons (Fsp3) is 0.538. The number of anilines is 1. The zero-order valence-electron chi connectivity index (χ0n) is 10.0. The van der Waals surface area contributed by atoms with E-state index in [0.29, 0.717) is 5.92 Å². The molecule has 3 atom stereocenters. The van der Waals surface area contributed by atoms with Crippen LogP contribution in [-0.2, 0) is 0 Å². The van der Waals surface area contributed by atoms with Gasteiger partial charge in [0, 0.05) is 17.8 Å². The van der Waals surface area contributed by atoms with Gasteiger partial charge in [-0.3, -0.25) is 0 Å². The highest BCUT2D eigenvalue weighted by atomic mass is 15.0. The first-order valence-electron chi connectivity index (χ1n) is 5.94. The van der Waals surface area contributed by atoms with Crippen molar-refractivity contribution in [3.05, 3.63) is 29.3 Å². The van der Waals surface area contributed by atoms with Gasteiger partial charge in [0.05, 0.1) is 0 Å². The Hall–Kier alpha value is -1.06. The summed E-state index contributed by atoms with van der Waals surface area (Å²) in [7, 11) is 0. The molecule has 0 spiro atoms. The third-order valence-corrected chi connectivity index (χ3v) is 3.64. The summed E-state index contributed by atoms with van der Waals surface area (Å²) in [6, 6.07) is 6.47. The summed E-state index contributed by atoms with van der Waals surface area (Å²) in [6.45, 7) is 5.37. The molecule has 0 radical (unpaired) electrons. The van der Waals surface area contributed by atoms with Gasteiger partial charge in [-0.2, -0.15) is 0 Å². The normalized spacial score (nSPS) is 30.3. The molecule has 3 unspecified atom stereocenters. The number of piperidine rings is 1. The maximum Gasteiger partial charge on any atom is 0.0479 e. The van der Waals surface area contributed by atoms with E-state index in [4.69, 9.17) is 11.5 Å². The van der Waals surface area contributed by atoms with Gasteiger partial charge in [-0.05, 0) is 49.1 Å². The van der Waals surface area contributed by atoms with Crippen LogP contribution in [0, 0.1) is 12.8 Å². The Morgan fingerprint density at radius 2 is 2.12 bits per heavy atom. The predicted molar refractivity (Wildman–Crippen MR) is 68.1 cm³/mol. The second-order valence-electron chi connectivity index (χ2n) is 4.89. The molecule has 1 aromatic rings. The van der Waals surface area contributed by atoms with Crippen molar-refractivity contribution < 1.29 is 0 Å². The molecular weight excluding hydrogens is 198 g/mol. The van der Waals surface area contributed by atoms with Gasteiger partial charge in [-0.1, -0.05) is 13.0 Å². The quantitative estimate of drug-likeness (QED) is 0.628. The molecular formula is C13H21N3. The third-order valence-electron chi connectivity index (χ3n) is 3.64. The SMILES string of the molecule is Cc1ccc(N)cc1C1NCCC(C)C1N. The smallest absolute Gasteiger partial charge is 0.0479 e. The maximum atomic E-state index is 6.27. The van der Waals surface area contributed by atoms with Crippen LogP contribution in [0.1, 0.15) is 30.5 Å². The Bertz CT molecular complexity index is 375. The van der Waals surface area contributed by atoms with Crippen LogP contribution in [0.5, 0.6) is 0 Å². The average Bonchev–Trinajstić information content (AvgIpc) is 2.26. The van der Waals surface area contributed by atoms with Crippen LogP contribution in [0.2, 0.25) is 0 Å². The van der Waals surface area contributed by atoms with E-state index in [9.17, 15) is 0 Å². The van der Waals surface area contributed by atoms with E-state index >= 15 is 0 Å². The van der Waals surface area contributed by atoms with Crippen molar-refractivity contribution in [3.63, 3.8) is 0 Å². The molecule has 1 aromatic carbocycles. The summed E-state index contributed by atoms with van der Waals surface area (Å²) in [5, 5.41) is 3.50. The van der Waals surface area contributed by atoms with Gasteiger partial charge >= 0.3 is 0 Å². The number of benzene rings is 1. The van der Waals surface area contributed by atoms with Crippen molar-refractivity contribution in [2.45, 2.75) is 32.4 Å². The summed E-state index contributed by atoms with van der Waals surface area (Å²) in [4.78, 5) is 0. The second-order valence-corrected chi connectivity index (χ2v) is 4.89. The molecule has 2 rings (SSSR count). The molecule has 88 valence electrons. The first-order valence-corrected chi connectivity index (χ1v) is 5.94. The van der Waals surface area contributed by atoms with Gasteiger partial charge in [0.15, 0.2) is 0 Å². The first-order chi connectivity index (χ1) is 7.59. The number of aryl methyl sites for hydroxylation is 1. The lowest BCUT2D eigenvalue weighted by Crippen LogP contribution is -2.48. The lowest BCUT2D eigenvalue weighted by molar-refractivity contribution is 0.274. The number of nitrogens with one attached hydrogen (secondary N) is 1. The summed E-state index contributed by atoms with van der Waals surface area (Å²) in [5.74, 6) is 0.562. The van der Waals surface area contributed by atoms with Gasteiger partial charge in [-0.15, -0.1) is 0 Å². The Kier molecular flexibility index (Phi) is 3.17. The van der Waals surface area contributed by atoms with Crippen molar-refractivity contribution in [3.8, 4) is 0 Å². The minimum absolute atomic E-state index is 0.175. The lowest BCUT2D eigenvalue weighted by atomic mass is 9.84. The Morgan fingerprint density at radius 3 is 2.88 bits per heavy atom. The summed E-state index contributed by atoms with van der Waals surface area (Å²) < 4.78 is 0. The largest absolute Gasteiger partial charge is 0.399 e. The van der Waals surface area contributed by atoms with Crippen LogP contribution in [0.25, 0.3) is 0 Å². The number of nitrogen functional groups attached to an aromatic ring is 1. The van der Waals surface area contributed by atoms with E-state index in [2.05, 4.69) is 25.2 Å². The molecule has 0 amide bonds. The molecule has 5 N–H and O–H groups in total. The standard InChI is InChI=1S/C13H21N3/c1-8-3-4-10(14)7-11(8)13-12(15)9(2)5-6-16-13/h3-4,7,9,12-13,16H,5-6,14-15H2,1-2H3. The van der Waals surface area contributed by atoms with Crippen LogP contribution in [0.15, 0.2) is 18.2 Å². The highest BCUT2D eigenvalue weighted by Crippen LogP contribution is 2.29. The van der Waals surface area contributed by atoms with Crippen LogP contribution in [-0.4, -0.2) is 12.6 Å². The zero-order chi connectivity index (χ0) is 11.7. The molecule has 0 aromatic heterocycles. The molecule has 3 nitrogen and oxygen atoms in total. The minimum atomic E-state index is 0.175. The lowest BCUT2D eigenvalue weighted by Gasteiger charge is -2.36. The summed E-state index contributed by atoms with van der Waals surface area (Å²) in [5.41, 5.74) is 15.4. The molecule has 0 saturated carbocycles. The molecule has 1 heterocycles. The van der Waals surface area contributed by atoms with Gasteiger partial charge in [-0.25, -0.2) is 0 Å². The van der Waals surface area contributed by atoms with Crippen molar-refractivity contribution >= 4 is 5.69 Å². The topological polar surface area (TPSA) is 64.1 Å². The minimum Gasteiger partial charge on any atom is -0.399 e. The van der Waals surface area contributed by atoms with Crippen molar-refractivity contribution in [1.82, 2.24) is 5.32 Å². The zero-order valence-corrected chi connectivity index (χ0v) is 10.0. The van der Waals surface area contributed by atoms with Gasteiger partial charge in [0.1, 0.15) is 0 Å². The predicted octanol–water partition coefficient (Wildman–Crippen LogP) is 1.58. The summed E-state index contributed by atoms with van der Waals surface area (Å²) >= 11 is 0. The van der Waals surface area contributed by atoms with Crippen molar-refractivity contribution in [2.24, 2.45) is 11.7 Å². The highest BCUT2D eigenvalue weighted by molar-refractivity contribution is 5.46. The molecule has 1 aliphatic heterocycles. The molecule has 16 heavy (non-hydrogen) atoms. The Labute approximate surface area is 97.2 Å². The number of hydrogen-bond acceptors (Lipinski definition) is 3. The molecule has 1 fully saturated rings. The molecule has 0 bridgehead atoms. The van der Waals surface area contributed by atoms with Gasteiger partial charge < -0.3 is 16.8 Å². The third kappa shape index (κ3) is 2.06. The average molecular weight is 219 g/mol. The fourth-order valence-corrected chi connectivity index (χ4v) is 2.43. The van der Waals surface area contributed by atoms with Crippen molar-refractivity contribution in [1.29, 1.82) is 0 Å². The van der Waals surface area contributed by atoms with Crippen LogP contribution in [0.3, 0.4) is 0 Å². The van der Waals surface area contributed by atoms with E-state index in [1.165, 1.54) is 11.1 Å². The fourth-order valence-electron chi connectivity index (χ4n) is 2.43. The Balaban J connectivity index is 2.31. The number of nitrogens with two attached hydrogens (primary N) is 2. The molecule has 1 saturated heterocycles. The monoisotopic (exact) mass is 219 g/mol. The summed E-state index contributed by atoms with van der Waals surface area (Å²) in [6.07, 6.45) is 1.15. The number of rotatable bonds is 1. The first kappa shape index (κ1) is 11.4. The number of hydrogen-bond donors (Lipinski definition) is 3. The molecule has 0 aliphatic carbocycles. The van der Waals surface area contributed by atoms with E-state index in [1.807, 2.05) is 12.1 Å². The van der Waals surface area contributed by atoms with E-state index < -0.39 is 0 Å². The molecule has 1 aliphatic rings. The van der Waals surface area contributed by atoms with Crippen LogP contribution >= 0.6 is 0 Å². The Morgan fingerprint density at radius 1 is 1.38 bits per heavy atom. The van der Waals surface area contributed by atoms with E-state index in [-0.39, 0.29) is 12.1 Å². The maximum absolute atomic E-state index is 6.27. The van der Waals surface area contributed by atoms with Gasteiger partial charge in [0.25, 0.3) is 0 Å². The van der Waals surface area contributed by atoms with Crippen molar-refractivity contribution in [2.75, 3.05) is 12.3 Å². The highest BCUT2D eigenvalue weighted by Gasteiger charge is 2.29. The molecule has 3 heteroatoms. The van der Waals surface area contributed by atoms with E-state index in [0.717, 1.165) is 18.7 Å². The van der Waals surface area contributed by atoms with Crippen LogP contribution < -0.4 is 16.8 Å². The van der Waals surface area contributed by atoms with Crippen LogP contribution in [0.4, 0.5) is 5.69 Å². The van der Waals surface area contributed by atoms with E-state index in [1.54, 1.807) is 0 Å². The second kappa shape index (κ2) is 4.44.